The Balaban J connectivity index is 2.37. The van der Waals surface area contributed by atoms with Gasteiger partial charge in [0.05, 0.1) is 6.61 Å². The molecule has 7 nitrogen and oxygen atoms in total. The number of carbonyl (C=O) groups is 1. The monoisotopic (exact) mass is 300 g/mol. The Morgan fingerprint density at radius 2 is 2.18 bits per heavy atom. The number of carbonyl (C=O) groups excluding carboxylic acids is 1. The van der Waals surface area contributed by atoms with Crippen molar-refractivity contribution in [1.82, 2.24) is 4.98 Å². The molecule has 7 heteroatoms. The summed E-state index contributed by atoms with van der Waals surface area (Å²) < 4.78 is 10.4. The highest BCUT2D eigenvalue weighted by Gasteiger charge is 2.18. The largest absolute Gasteiger partial charge is 0.507 e. The standard InChI is InChI=1S/C15H12N2O5/c1-2-21-15(20)7-6-10-12(17-14(7)16)13(19)11-8(18)4-3-5-9(11)22-10/h3-6,18H,2H2,1H3,(H2,16,17). The molecule has 0 saturated heterocycles. The van der Waals surface area contributed by atoms with E-state index in [1.807, 2.05) is 0 Å². The minimum absolute atomic E-state index is 0.0192. The van der Waals surface area contributed by atoms with Crippen LogP contribution < -0.4 is 11.2 Å². The number of aromatic hydroxyl groups is 1. The number of aromatic nitrogens is 1. The lowest BCUT2D eigenvalue weighted by atomic mass is 10.1. The number of hydrogen-bond donors (Lipinski definition) is 2. The first-order valence-corrected chi connectivity index (χ1v) is 6.55. The molecule has 2 aromatic heterocycles. The van der Waals surface area contributed by atoms with Gasteiger partial charge in [-0.3, -0.25) is 4.79 Å². The van der Waals surface area contributed by atoms with Crippen molar-refractivity contribution in [3.63, 3.8) is 0 Å². The van der Waals surface area contributed by atoms with Gasteiger partial charge in [0.25, 0.3) is 0 Å². The first-order valence-electron chi connectivity index (χ1n) is 6.55. The summed E-state index contributed by atoms with van der Waals surface area (Å²) in [7, 11) is 0. The molecule has 0 unspecified atom stereocenters. The number of fused-ring (bicyclic) bond motifs is 2. The number of nitrogens with zero attached hydrogens (tertiary/aromatic N) is 1. The van der Waals surface area contributed by atoms with Crippen LogP contribution in [0.4, 0.5) is 5.82 Å². The van der Waals surface area contributed by atoms with E-state index >= 15 is 0 Å². The highest BCUT2D eigenvalue weighted by atomic mass is 16.5. The third kappa shape index (κ3) is 2.03. The van der Waals surface area contributed by atoms with Gasteiger partial charge in [-0.1, -0.05) is 6.07 Å². The van der Waals surface area contributed by atoms with Gasteiger partial charge in [0, 0.05) is 6.07 Å². The van der Waals surface area contributed by atoms with E-state index in [1.54, 1.807) is 13.0 Å². The van der Waals surface area contributed by atoms with Crippen LogP contribution in [0.5, 0.6) is 5.75 Å². The number of phenolic OH excluding ortho intramolecular Hbond substituents is 1. The third-order valence-corrected chi connectivity index (χ3v) is 3.18. The number of pyridine rings is 1. The number of hydrogen-bond acceptors (Lipinski definition) is 7. The van der Waals surface area contributed by atoms with Crippen LogP contribution in [0.1, 0.15) is 17.3 Å². The summed E-state index contributed by atoms with van der Waals surface area (Å²) in [6.45, 7) is 1.85. The summed E-state index contributed by atoms with van der Waals surface area (Å²) in [5, 5.41) is 9.82. The molecule has 3 rings (SSSR count). The zero-order chi connectivity index (χ0) is 15.9. The zero-order valence-corrected chi connectivity index (χ0v) is 11.6. The molecule has 0 aliphatic carbocycles. The van der Waals surface area contributed by atoms with E-state index in [0.717, 1.165) is 0 Å². The van der Waals surface area contributed by atoms with Crippen molar-refractivity contribution in [3.8, 4) is 5.75 Å². The molecule has 0 amide bonds. The molecule has 0 fully saturated rings. The van der Waals surface area contributed by atoms with Crippen molar-refractivity contribution < 1.29 is 19.1 Å². The lowest BCUT2D eigenvalue weighted by Gasteiger charge is -2.07. The first kappa shape index (κ1) is 13.9. The predicted molar refractivity (Wildman–Crippen MR) is 79.8 cm³/mol. The van der Waals surface area contributed by atoms with E-state index in [4.69, 9.17) is 14.9 Å². The molecular weight excluding hydrogens is 288 g/mol. The van der Waals surface area contributed by atoms with Crippen LogP contribution in [0.2, 0.25) is 0 Å². The molecule has 0 saturated carbocycles. The van der Waals surface area contributed by atoms with Gasteiger partial charge in [-0.2, -0.15) is 0 Å². The molecule has 112 valence electrons. The maximum absolute atomic E-state index is 12.4. The van der Waals surface area contributed by atoms with Gasteiger partial charge in [0.2, 0.25) is 5.43 Å². The Bertz CT molecular complexity index is 961. The van der Waals surface area contributed by atoms with E-state index < -0.39 is 11.4 Å². The van der Waals surface area contributed by atoms with Crippen LogP contribution in [0, 0.1) is 0 Å². The normalized spacial score (nSPS) is 11.0. The number of esters is 1. The summed E-state index contributed by atoms with van der Waals surface area (Å²) in [5.41, 5.74) is 5.46. The molecule has 22 heavy (non-hydrogen) atoms. The average molecular weight is 300 g/mol. The Morgan fingerprint density at radius 3 is 2.91 bits per heavy atom. The summed E-state index contributed by atoms with van der Waals surface area (Å²) >= 11 is 0. The van der Waals surface area contributed by atoms with Crippen molar-refractivity contribution in [3.05, 3.63) is 40.1 Å². The molecule has 3 N–H and O–H groups in total. The average Bonchev–Trinajstić information content (AvgIpc) is 2.48. The van der Waals surface area contributed by atoms with Gasteiger partial charge in [0.1, 0.15) is 28.1 Å². The second-order valence-electron chi connectivity index (χ2n) is 4.57. The van der Waals surface area contributed by atoms with E-state index in [9.17, 15) is 14.7 Å². The summed E-state index contributed by atoms with van der Waals surface area (Å²) in [4.78, 5) is 28.2. The minimum Gasteiger partial charge on any atom is -0.507 e. The Kier molecular flexibility index (Phi) is 3.17. The molecule has 3 aromatic rings. The van der Waals surface area contributed by atoms with Gasteiger partial charge in [0.15, 0.2) is 11.1 Å². The highest BCUT2D eigenvalue weighted by molar-refractivity contribution is 5.99. The maximum Gasteiger partial charge on any atom is 0.342 e. The maximum atomic E-state index is 12.4. The molecule has 0 aliphatic rings. The van der Waals surface area contributed by atoms with E-state index in [2.05, 4.69) is 4.98 Å². The Morgan fingerprint density at radius 1 is 1.41 bits per heavy atom. The quantitative estimate of drug-likeness (QED) is 0.547. The van der Waals surface area contributed by atoms with E-state index in [1.165, 1.54) is 18.2 Å². The fourth-order valence-electron chi connectivity index (χ4n) is 2.19. The van der Waals surface area contributed by atoms with Crippen LogP contribution in [0.3, 0.4) is 0 Å². The number of rotatable bonds is 2. The summed E-state index contributed by atoms with van der Waals surface area (Å²) in [6, 6.07) is 5.78. The summed E-state index contributed by atoms with van der Waals surface area (Å²) in [5.74, 6) is -0.982. The molecule has 0 aliphatic heterocycles. The van der Waals surface area contributed by atoms with Gasteiger partial charge in [-0.15, -0.1) is 0 Å². The SMILES string of the molecule is CCOC(=O)c1cc2oc3cccc(O)c3c(=O)c2nc1N. The molecule has 0 radical (unpaired) electrons. The van der Waals surface area contributed by atoms with Crippen LogP contribution in [0.25, 0.3) is 22.1 Å². The van der Waals surface area contributed by atoms with Crippen molar-refractivity contribution in [1.29, 1.82) is 0 Å². The topological polar surface area (TPSA) is 116 Å². The molecule has 0 atom stereocenters. The minimum atomic E-state index is -0.645. The lowest BCUT2D eigenvalue weighted by Crippen LogP contribution is -2.12. The second kappa shape index (κ2) is 5.03. The Labute approximate surface area is 123 Å². The van der Waals surface area contributed by atoms with Gasteiger partial charge in [-0.05, 0) is 19.1 Å². The zero-order valence-electron chi connectivity index (χ0n) is 11.6. The molecule has 0 spiro atoms. The van der Waals surface area contributed by atoms with Crippen molar-refractivity contribution in [2.45, 2.75) is 6.92 Å². The van der Waals surface area contributed by atoms with E-state index in [0.29, 0.717) is 0 Å². The lowest BCUT2D eigenvalue weighted by molar-refractivity contribution is 0.0527. The van der Waals surface area contributed by atoms with Crippen molar-refractivity contribution >= 4 is 33.9 Å². The molecule has 2 heterocycles. The second-order valence-corrected chi connectivity index (χ2v) is 4.57. The number of anilines is 1. The van der Waals surface area contributed by atoms with Gasteiger partial charge in [-0.25, -0.2) is 9.78 Å². The predicted octanol–water partition coefficient (Wildman–Crippen LogP) is 1.81. The number of phenols is 1. The highest BCUT2D eigenvalue weighted by Crippen LogP contribution is 2.26. The van der Waals surface area contributed by atoms with Crippen LogP contribution >= 0.6 is 0 Å². The number of benzene rings is 1. The van der Waals surface area contributed by atoms with Gasteiger partial charge < -0.3 is 20.0 Å². The first-order chi connectivity index (χ1) is 10.5. The van der Waals surface area contributed by atoms with Crippen LogP contribution in [-0.2, 0) is 4.74 Å². The fourth-order valence-corrected chi connectivity index (χ4v) is 2.19. The number of ether oxygens (including phenoxy) is 1. The molecular formula is C15H12N2O5. The number of nitrogen functional groups attached to an aromatic ring is 1. The van der Waals surface area contributed by atoms with Crippen molar-refractivity contribution in [2.75, 3.05) is 12.3 Å². The number of nitrogens with two attached hydrogens (primary N) is 1. The summed E-state index contributed by atoms with van der Waals surface area (Å²) in [6.07, 6.45) is 0. The molecule has 1 aromatic carbocycles. The molecule has 0 bridgehead atoms. The van der Waals surface area contributed by atoms with Crippen LogP contribution in [-0.4, -0.2) is 22.7 Å². The smallest absolute Gasteiger partial charge is 0.342 e. The van der Waals surface area contributed by atoms with Crippen LogP contribution in [0.15, 0.2) is 33.5 Å². The van der Waals surface area contributed by atoms with Crippen molar-refractivity contribution in [2.24, 2.45) is 0 Å². The fraction of sp³-hybridized carbons (Fsp3) is 0.133. The van der Waals surface area contributed by atoms with E-state index in [-0.39, 0.29) is 45.8 Å². The Hall–Kier alpha value is -3.09. The van der Waals surface area contributed by atoms with Gasteiger partial charge >= 0.3 is 5.97 Å². The third-order valence-electron chi connectivity index (χ3n) is 3.18.